The largest absolute Gasteiger partial charge is 0.359 e. The third-order valence-electron chi connectivity index (χ3n) is 3.15. The number of aryl methyl sites for hydroxylation is 1. The number of nitrogens with zero attached hydrogens (tertiary/aromatic N) is 2. The monoisotopic (exact) mass is 265 g/mol. The molecule has 0 saturated carbocycles. The van der Waals surface area contributed by atoms with E-state index in [9.17, 15) is 9.59 Å². The number of imide groups is 1. The highest BCUT2D eigenvalue weighted by Crippen LogP contribution is 2.26. The van der Waals surface area contributed by atoms with Gasteiger partial charge in [-0.1, -0.05) is 19.0 Å². The fourth-order valence-electron chi connectivity index (χ4n) is 2.49. The second-order valence-corrected chi connectivity index (χ2v) is 5.69. The van der Waals surface area contributed by atoms with Crippen LogP contribution in [0.25, 0.3) is 0 Å². The van der Waals surface area contributed by atoms with Crippen molar-refractivity contribution in [2.75, 3.05) is 0 Å². The minimum atomic E-state index is -0.819. The Bertz CT molecular complexity index is 509. The van der Waals surface area contributed by atoms with E-state index in [1.54, 1.807) is 19.9 Å². The number of carbonyl (C=O) groups is 2. The van der Waals surface area contributed by atoms with Gasteiger partial charge >= 0.3 is 6.03 Å². The second-order valence-electron chi connectivity index (χ2n) is 5.69. The maximum atomic E-state index is 12.4. The van der Waals surface area contributed by atoms with Gasteiger partial charge in [0, 0.05) is 6.07 Å². The van der Waals surface area contributed by atoms with E-state index in [1.807, 2.05) is 13.8 Å². The van der Waals surface area contributed by atoms with Crippen LogP contribution in [-0.2, 0) is 11.3 Å². The van der Waals surface area contributed by atoms with Crippen molar-refractivity contribution in [3.8, 4) is 0 Å². The summed E-state index contributed by atoms with van der Waals surface area (Å²) in [7, 11) is 0. The van der Waals surface area contributed by atoms with Crippen LogP contribution in [-0.4, -0.2) is 27.5 Å². The first-order chi connectivity index (χ1) is 8.82. The van der Waals surface area contributed by atoms with Gasteiger partial charge in [0.2, 0.25) is 0 Å². The third-order valence-corrected chi connectivity index (χ3v) is 3.15. The summed E-state index contributed by atoms with van der Waals surface area (Å²) in [4.78, 5) is 25.5. The number of nitrogens with one attached hydrogen (secondary N) is 1. The van der Waals surface area contributed by atoms with Gasteiger partial charge in [-0.15, -0.1) is 0 Å². The lowest BCUT2D eigenvalue weighted by Gasteiger charge is -2.23. The average Bonchev–Trinajstić information content (AvgIpc) is 2.76. The van der Waals surface area contributed by atoms with E-state index in [0.29, 0.717) is 18.1 Å². The van der Waals surface area contributed by atoms with Crippen molar-refractivity contribution < 1.29 is 14.1 Å². The van der Waals surface area contributed by atoms with Crippen molar-refractivity contribution >= 4 is 11.9 Å². The molecule has 1 atom stereocenters. The number of urea groups is 1. The predicted octanol–water partition coefficient (Wildman–Crippen LogP) is 1.84. The number of aromatic nitrogens is 1. The maximum absolute atomic E-state index is 12.4. The summed E-state index contributed by atoms with van der Waals surface area (Å²) in [6, 6.07) is 1.35. The molecule has 1 unspecified atom stereocenters. The van der Waals surface area contributed by atoms with Crippen LogP contribution in [0.4, 0.5) is 4.79 Å². The molecule has 3 amide bonds. The Labute approximate surface area is 112 Å². The summed E-state index contributed by atoms with van der Waals surface area (Å²) in [6.07, 6.45) is 0.615. The zero-order chi connectivity index (χ0) is 14.2. The molecule has 104 valence electrons. The minimum Gasteiger partial charge on any atom is -0.359 e. The van der Waals surface area contributed by atoms with Crippen molar-refractivity contribution in [3.05, 3.63) is 17.5 Å². The fraction of sp³-hybridized carbons (Fsp3) is 0.615. The Hall–Kier alpha value is -1.85. The second kappa shape index (κ2) is 4.68. The first-order valence-corrected chi connectivity index (χ1v) is 6.38. The van der Waals surface area contributed by atoms with Crippen molar-refractivity contribution in [1.82, 2.24) is 15.4 Å². The first-order valence-electron chi connectivity index (χ1n) is 6.38. The smallest absolute Gasteiger partial charge is 0.325 e. The molecule has 0 aromatic carbocycles. The Morgan fingerprint density at radius 1 is 1.47 bits per heavy atom. The van der Waals surface area contributed by atoms with Crippen LogP contribution in [0, 0.1) is 12.8 Å². The fourth-order valence-corrected chi connectivity index (χ4v) is 2.49. The summed E-state index contributed by atoms with van der Waals surface area (Å²) in [5.41, 5.74) is -0.0904. The molecule has 6 nitrogen and oxygen atoms in total. The van der Waals surface area contributed by atoms with Crippen LogP contribution >= 0.6 is 0 Å². The van der Waals surface area contributed by atoms with Crippen molar-refractivity contribution in [1.29, 1.82) is 0 Å². The molecular formula is C13H19N3O3. The zero-order valence-electron chi connectivity index (χ0n) is 11.7. The van der Waals surface area contributed by atoms with E-state index >= 15 is 0 Å². The van der Waals surface area contributed by atoms with Crippen molar-refractivity contribution in [2.24, 2.45) is 5.92 Å². The van der Waals surface area contributed by atoms with Gasteiger partial charge in [0.05, 0.1) is 12.2 Å². The molecule has 1 aromatic heterocycles. The summed E-state index contributed by atoms with van der Waals surface area (Å²) in [5, 5.41) is 6.51. The molecule has 0 bridgehead atoms. The Kier molecular flexibility index (Phi) is 3.34. The lowest BCUT2D eigenvalue weighted by molar-refractivity contribution is -0.131. The normalized spacial score (nSPS) is 23.3. The zero-order valence-corrected chi connectivity index (χ0v) is 11.7. The van der Waals surface area contributed by atoms with E-state index in [2.05, 4.69) is 10.5 Å². The minimum absolute atomic E-state index is 0.124. The first kappa shape index (κ1) is 13.6. The summed E-state index contributed by atoms with van der Waals surface area (Å²) in [6.45, 7) is 7.72. The van der Waals surface area contributed by atoms with Crippen LogP contribution in [0.1, 0.15) is 38.6 Å². The van der Waals surface area contributed by atoms with Crippen molar-refractivity contribution in [2.45, 2.75) is 46.2 Å². The highest BCUT2D eigenvalue weighted by molar-refractivity contribution is 6.06. The van der Waals surface area contributed by atoms with Crippen LogP contribution < -0.4 is 5.32 Å². The summed E-state index contributed by atoms with van der Waals surface area (Å²) in [5.74, 6) is 0.622. The molecular weight excluding hydrogens is 246 g/mol. The number of hydrogen-bond donors (Lipinski definition) is 1. The predicted molar refractivity (Wildman–Crippen MR) is 68.2 cm³/mol. The van der Waals surface area contributed by atoms with Gasteiger partial charge in [-0.3, -0.25) is 9.69 Å². The standard InChI is InChI=1S/C13H19N3O3/c1-8(2)6-13(4)11(17)16(12(18)14-13)7-10-5-9(3)15-19-10/h5,8H,6-7H2,1-4H3,(H,14,18). The molecule has 1 aromatic rings. The van der Waals surface area contributed by atoms with E-state index in [0.717, 1.165) is 5.69 Å². The molecule has 2 rings (SSSR count). The van der Waals surface area contributed by atoms with Crippen LogP contribution in [0.5, 0.6) is 0 Å². The number of carbonyl (C=O) groups excluding carboxylic acids is 2. The van der Waals surface area contributed by atoms with E-state index < -0.39 is 5.54 Å². The highest BCUT2D eigenvalue weighted by Gasteiger charge is 2.48. The number of amides is 3. The van der Waals surface area contributed by atoms with Gasteiger partial charge in [0.15, 0.2) is 5.76 Å². The Morgan fingerprint density at radius 3 is 2.68 bits per heavy atom. The van der Waals surface area contributed by atoms with Gasteiger partial charge in [-0.2, -0.15) is 0 Å². The Balaban J connectivity index is 2.14. The summed E-state index contributed by atoms with van der Waals surface area (Å²) >= 11 is 0. The highest BCUT2D eigenvalue weighted by atomic mass is 16.5. The van der Waals surface area contributed by atoms with Gasteiger partial charge < -0.3 is 9.84 Å². The van der Waals surface area contributed by atoms with Gasteiger partial charge in [0.1, 0.15) is 5.54 Å². The molecule has 0 aliphatic carbocycles. The molecule has 0 spiro atoms. The third kappa shape index (κ3) is 2.62. The molecule has 1 aliphatic heterocycles. The molecule has 0 radical (unpaired) electrons. The van der Waals surface area contributed by atoms with Crippen molar-refractivity contribution in [3.63, 3.8) is 0 Å². The average molecular weight is 265 g/mol. The lowest BCUT2D eigenvalue weighted by Crippen LogP contribution is -2.44. The van der Waals surface area contributed by atoms with Gasteiger partial charge in [-0.25, -0.2) is 4.79 Å². The Morgan fingerprint density at radius 2 is 2.16 bits per heavy atom. The molecule has 1 N–H and O–H groups in total. The van der Waals surface area contributed by atoms with E-state index in [-0.39, 0.29) is 18.5 Å². The van der Waals surface area contributed by atoms with E-state index in [1.165, 1.54) is 4.90 Å². The number of rotatable bonds is 4. The van der Waals surface area contributed by atoms with Crippen LogP contribution in [0.15, 0.2) is 10.6 Å². The molecule has 1 fully saturated rings. The van der Waals surface area contributed by atoms with Crippen LogP contribution in [0.2, 0.25) is 0 Å². The molecule has 1 aliphatic rings. The molecule has 2 heterocycles. The van der Waals surface area contributed by atoms with E-state index in [4.69, 9.17) is 4.52 Å². The molecule has 1 saturated heterocycles. The molecule has 19 heavy (non-hydrogen) atoms. The quantitative estimate of drug-likeness (QED) is 0.843. The molecule has 6 heteroatoms. The van der Waals surface area contributed by atoms with Crippen LogP contribution in [0.3, 0.4) is 0 Å². The SMILES string of the molecule is Cc1cc(CN2C(=O)NC(C)(CC(C)C)C2=O)on1. The summed E-state index contributed by atoms with van der Waals surface area (Å²) < 4.78 is 5.05. The van der Waals surface area contributed by atoms with Gasteiger partial charge in [0.25, 0.3) is 5.91 Å². The topological polar surface area (TPSA) is 75.4 Å². The van der Waals surface area contributed by atoms with Gasteiger partial charge in [-0.05, 0) is 26.2 Å². The maximum Gasteiger partial charge on any atom is 0.325 e. The lowest BCUT2D eigenvalue weighted by atomic mass is 9.91. The number of hydrogen-bond acceptors (Lipinski definition) is 4.